The van der Waals surface area contributed by atoms with Crippen molar-refractivity contribution in [1.29, 1.82) is 0 Å². The fourth-order valence-electron chi connectivity index (χ4n) is 1.84. The number of allylic oxidation sites excluding steroid dienone is 1. The average molecular weight is 266 g/mol. The molecule has 0 saturated carbocycles. The number of sulfone groups is 1. The van der Waals surface area contributed by atoms with Gasteiger partial charge in [0.05, 0.1) is 10.6 Å². The summed E-state index contributed by atoms with van der Waals surface area (Å²) in [4.78, 5) is 0.430. The van der Waals surface area contributed by atoms with E-state index in [1.807, 2.05) is 12.1 Å². The van der Waals surface area contributed by atoms with Gasteiger partial charge in [-0.15, -0.1) is 6.58 Å². The molecule has 0 aliphatic carbocycles. The van der Waals surface area contributed by atoms with E-state index in [0.717, 1.165) is 12.8 Å². The lowest BCUT2D eigenvalue weighted by Crippen LogP contribution is -2.06. The van der Waals surface area contributed by atoms with Gasteiger partial charge in [-0.05, 0) is 42.9 Å². The van der Waals surface area contributed by atoms with Gasteiger partial charge in [-0.3, -0.25) is 0 Å². The van der Waals surface area contributed by atoms with Crippen molar-refractivity contribution in [3.63, 3.8) is 0 Å². The van der Waals surface area contributed by atoms with Crippen LogP contribution in [0.4, 0.5) is 0 Å². The number of rotatable bonds is 7. The van der Waals surface area contributed by atoms with Gasteiger partial charge in [-0.2, -0.15) is 0 Å². The summed E-state index contributed by atoms with van der Waals surface area (Å²) in [6, 6.07) is 7.28. The molecule has 0 amide bonds. The van der Waals surface area contributed by atoms with Crippen LogP contribution in [-0.4, -0.2) is 14.2 Å². The van der Waals surface area contributed by atoms with E-state index < -0.39 is 9.84 Å². The van der Waals surface area contributed by atoms with Gasteiger partial charge < -0.3 is 0 Å². The standard InChI is InChI=1S/C15H22O2S/c1-4-5-6-11-18(16,17)15-9-7-14(8-10-15)12-13(2)3/h4,7-10,13H,1,5-6,11-12H2,2-3H3. The Bertz CT molecular complexity index is 470. The van der Waals surface area contributed by atoms with Crippen molar-refractivity contribution in [2.24, 2.45) is 5.92 Å². The maximum Gasteiger partial charge on any atom is 0.178 e. The van der Waals surface area contributed by atoms with Crippen molar-refractivity contribution in [1.82, 2.24) is 0 Å². The second-order valence-corrected chi connectivity index (χ2v) is 7.10. The predicted octanol–water partition coefficient (Wildman–Crippen LogP) is 3.63. The van der Waals surface area contributed by atoms with E-state index in [0.29, 0.717) is 17.2 Å². The van der Waals surface area contributed by atoms with Gasteiger partial charge >= 0.3 is 0 Å². The molecular formula is C15H22O2S. The third-order valence-electron chi connectivity index (χ3n) is 2.75. The molecule has 3 heteroatoms. The van der Waals surface area contributed by atoms with E-state index in [9.17, 15) is 8.42 Å². The highest BCUT2D eigenvalue weighted by Gasteiger charge is 2.13. The molecule has 18 heavy (non-hydrogen) atoms. The highest BCUT2D eigenvalue weighted by atomic mass is 32.2. The van der Waals surface area contributed by atoms with Crippen LogP contribution in [0.25, 0.3) is 0 Å². The molecule has 0 aliphatic heterocycles. The summed E-state index contributed by atoms with van der Waals surface area (Å²) in [5.74, 6) is 0.780. The Kier molecular flexibility index (Phi) is 5.60. The van der Waals surface area contributed by atoms with Crippen molar-refractivity contribution in [3.05, 3.63) is 42.5 Å². The van der Waals surface area contributed by atoms with Gasteiger partial charge in [0, 0.05) is 0 Å². The first-order valence-corrected chi connectivity index (χ1v) is 8.03. The smallest absolute Gasteiger partial charge is 0.178 e. The Morgan fingerprint density at radius 1 is 1.22 bits per heavy atom. The van der Waals surface area contributed by atoms with Crippen LogP contribution >= 0.6 is 0 Å². The van der Waals surface area contributed by atoms with Gasteiger partial charge in [-0.1, -0.05) is 32.1 Å². The predicted molar refractivity (Wildman–Crippen MR) is 76.5 cm³/mol. The first kappa shape index (κ1) is 15.0. The molecule has 0 atom stereocenters. The first-order valence-electron chi connectivity index (χ1n) is 6.38. The second-order valence-electron chi connectivity index (χ2n) is 4.99. The Balaban J connectivity index is 2.74. The lowest BCUT2D eigenvalue weighted by molar-refractivity contribution is 0.593. The minimum atomic E-state index is -3.13. The van der Waals surface area contributed by atoms with E-state index in [1.54, 1.807) is 18.2 Å². The zero-order valence-corrected chi connectivity index (χ0v) is 12.0. The number of unbranched alkanes of at least 4 members (excludes halogenated alkanes) is 1. The lowest BCUT2D eigenvalue weighted by atomic mass is 10.0. The van der Waals surface area contributed by atoms with Crippen molar-refractivity contribution in [2.75, 3.05) is 5.75 Å². The fraction of sp³-hybridized carbons (Fsp3) is 0.467. The maximum absolute atomic E-state index is 12.0. The van der Waals surface area contributed by atoms with E-state index in [-0.39, 0.29) is 5.75 Å². The maximum atomic E-state index is 12.0. The second kappa shape index (κ2) is 6.74. The van der Waals surface area contributed by atoms with Crippen molar-refractivity contribution >= 4 is 9.84 Å². The Morgan fingerprint density at radius 2 is 1.83 bits per heavy atom. The van der Waals surface area contributed by atoms with Crippen LogP contribution in [0.5, 0.6) is 0 Å². The van der Waals surface area contributed by atoms with Crippen LogP contribution in [0.2, 0.25) is 0 Å². The topological polar surface area (TPSA) is 34.1 Å². The molecule has 2 nitrogen and oxygen atoms in total. The molecule has 0 aliphatic rings. The summed E-state index contributed by atoms with van der Waals surface area (Å²) in [6.45, 7) is 7.90. The number of hydrogen-bond donors (Lipinski definition) is 0. The molecule has 0 N–H and O–H groups in total. The fourth-order valence-corrected chi connectivity index (χ4v) is 3.17. The van der Waals surface area contributed by atoms with E-state index in [4.69, 9.17) is 0 Å². The summed E-state index contributed by atoms with van der Waals surface area (Å²) in [6.07, 6.45) is 4.11. The Labute approximate surface area is 111 Å². The van der Waals surface area contributed by atoms with Crippen LogP contribution in [-0.2, 0) is 16.3 Å². The van der Waals surface area contributed by atoms with Gasteiger partial charge in [-0.25, -0.2) is 8.42 Å². The van der Waals surface area contributed by atoms with Crippen molar-refractivity contribution in [3.8, 4) is 0 Å². The summed E-state index contributed by atoms with van der Waals surface area (Å²) in [5, 5.41) is 0. The molecule has 0 heterocycles. The molecule has 0 aromatic heterocycles. The Morgan fingerprint density at radius 3 is 2.33 bits per heavy atom. The summed E-state index contributed by atoms with van der Waals surface area (Å²) < 4.78 is 24.0. The third kappa shape index (κ3) is 4.65. The summed E-state index contributed by atoms with van der Waals surface area (Å²) in [5.41, 5.74) is 1.19. The molecule has 0 unspecified atom stereocenters. The highest BCUT2D eigenvalue weighted by Crippen LogP contribution is 2.16. The normalized spacial score (nSPS) is 11.7. The Hall–Kier alpha value is -1.09. The van der Waals surface area contributed by atoms with Crippen LogP contribution in [0, 0.1) is 5.92 Å². The first-order chi connectivity index (χ1) is 8.45. The summed E-state index contributed by atoms with van der Waals surface area (Å²) in [7, 11) is -3.13. The molecule has 0 bridgehead atoms. The van der Waals surface area contributed by atoms with Crippen LogP contribution in [0.15, 0.2) is 41.8 Å². The van der Waals surface area contributed by atoms with E-state index >= 15 is 0 Å². The lowest BCUT2D eigenvalue weighted by Gasteiger charge is -2.07. The molecule has 1 rings (SSSR count). The van der Waals surface area contributed by atoms with Crippen LogP contribution in [0.1, 0.15) is 32.3 Å². The molecule has 100 valence electrons. The molecule has 0 saturated heterocycles. The molecular weight excluding hydrogens is 244 g/mol. The highest BCUT2D eigenvalue weighted by molar-refractivity contribution is 7.91. The average Bonchev–Trinajstić information content (AvgIpc) is 2.29. The zero-order valence-electron chi connectivity index (χ0n) is 11.2. The van der Waals surface area contributed by atoms with Crippen LogP contribution < -0.4 is 0 Å². The van der Waals surface area contributed by atoms with E-state index in [1.165, 1.54) is 5.56 Å². The van der Waals surface area contributed by atoms with Crippen molar-refractivity contribution in [2.45, 2.75) is 38.0 Å². The number of benzene rings is 1. The molecule has 1 aromatic rings. The SMILES string of the molecule is C=CCCCS(=O)(=O)c1ccc(CC(C)C)cc1. The third-order valence-corrected chi connectivity index (χ3v) is 4.56. The van der Waals surface area contributed by atoms with E-state index in [2.05, 4.69) is 20.4 Å². The minimum Gasteiger partial charge on any atom is -0.224 e. The monoisotopic (exact) mass is 266 g/mol. The van der Waals surface area contributed by atoms with Gasteiger partial charge in [0.2, 0.25) is 0 Å². The minimum absolute atomic E-state index is 0.197. The number of hydrogen-bond acceptors (Lipinski definition) is 2. The van der Waals surface area contributed by atoms with Gasteiger partial charge in [0.1, 0.15) is 0 Å². The van der Waals surface area contributed by atoms with Gasteiger partial charge in [0.15, 0.2) is 9.84 Å². The molecule has 0 spiro atoms. The zero-order chi connectivity index (χ0) is 13.6. The van der Waals surface area contributed by atoms with Crippen molar-refractivity contribution < 1.29 is 8.42 Å². The molecule has 1 aromatic carbocycles. The summed E-state index contributed by atoms with van der Waals surface area (Å²) >= 11 is 0. The molecule has 0 fully saturated rings. The largest absolute Gasteiger partial charge is 0.224 e. The quantitative estimate of drug-likeness (QED) is 0.558. The van der Waals surface area contributed by atoms with Crippen LogP contribution in [0.3, 0.4) is 0 Å². The molecule has 0 radical (unpaired) electrons. The van der Waals surface area contributed by atoms with Gasteiger partial charge in [0.25, 0.3) is 0 Å².